The maximum absolute atomic E-state index is 15.2. The summed E-state index contributed by atoms with van der Waals surface area (Å²) in [5, 5.41) is 2.70. The van der Waals surface area contributed by atoms with Crippen molar-refractivity contribution in [2.75, 3.05) is 16.6 Å². The molecular weight excluding hydrogens is 440 g/mol. The number of fused-ring (bicyclic) bond motifs is 1. The summed E-state index contributed by atoms with van der Waals surface area (Å²) in [7, 11) is -3.91. The summed E-state index contributed by atoms with van der Waals surface area (Å²) in [6, 6.07) is 1.82. The van der Waals surface area contributed by atoms with Crippen molar-refractivity contribution in [2.45, 2.75) is 38.4 Å². The standard InChI is InChI=1S/C21H23F2N5O3S/c1-3-11(2)32(30,31)28-15-7-6-14(22)17(18(15)23)19(29)13-9-25-21-16(13)20(26-10-27-21)24-8-12-4-5-12/h6-7,9-12,28H,3-5,8H2,1-2H3,(H2,24,25,26,27). The largest absolute Gasteiger partial charge is 0.369 e. The number of ketones is 1. The molecule has 2 heterocycles. The van der Waals surface area contributed by atoms with Crippen molar-refractivity contribution in [3.63, 3.8) is 0 Å². The summed E-state index contributed by atoms with van der Waals surface area (Å²) < 4.78 is 56.6. The smallest absolute Gasteiger partial charge is 0.235 e. The molecule has 32 heavy (non-hydrogen) atoms. The molecule has 1 aromatic carbocycles. The predicted octanol–water partition coefficient (Wildman–Crippen LogP) is 3.83. The first-order valence-corrected chi connectivity index (χ1v) is 11.9. The Labute approximate surface area is 183 Å². The first-order valence-electron chi connectivity index (χ1n) is 10.3. The number of rotatable bonds is 9. The van der Waals surface area contributed by atoms with Crippen LogP contribution in [0.5, 0.6) is 0 Å². The van der Waals surface area contributed by atoms with Crippen LogP contribution in [-0.2, 0) is 10.0 Å². The number of hydrogen-bond acceptors (Lipinski definition) is 6. The van der Waals surface area contributed by atoms with Crippen LogP contribution in [0.25, 0.3) is 11.0 Å². The Bertz CT molecular complexity index is 1290. The van der Waals surface area contributed by atoms with E-state index in [0.29, 0.717) is 35.7 Å². The first-order chi connectivity index (χ1) is 15.2. The number of carbonyl (C=O) groups excluding carboxylic acids is 1. The van der Waals surface area contributed by atoms with Crippen LogP contribution in [0.3, 0.4) is 0 Å². The number of sulfonamides is 1. The molecule has 1 aliphatic rings. The highest BCUT2D eigenvalue weighted by atomic mass is 32.2. The molecule has 4 rings (SSSR count). The number of anilines is 2. The van der Waals surface area contributed by atoms with E-state index in [1.165, 1.54) is 19.4 Å². The lowest BCUT2D eigenvalue weighted by atomic mass is 10.0. The van der Waals surface area contributed by atoms with E-state index in [1.807, 2.05) is 0 Å². The quantitative estimate of drug-likeness (QED) is 0.415. The number of nitrogens with one attached hydrogen (secondary N) is 3. The summed E-state index contributed by atoms with van der Waals surface area (Å²) in [6.45, 7) is 3.81. The van der Waals surface area contributed by atoms with E-state index in [9.17, 15) is 17.6 Å². The average molecular weight is 464 g/mol. The number of aromatic amines is 1. The Morgan fingerprint density at radius 2 is 2.03 bits per heavy atom. The number of H-pyrrole nitrogens is 1. The maximum Gasteiger partial charge on any atom is 0.235 e. The van der Waals surface area contributed by atoms with Crippen LogP contribution in [0.15, 0.2) is 24.7 Å². The van der Waals surface area contributed by atoms with Gasteiger partial charge in [-0.1, -0.05) is 6.92 Å². The molecule has 3 N–H and O–H groups in total. The van der Waals surface area contributed by atoms with Crippen LogP contribution in [0.4, 0.5) is 20.3 Å². The van der Waals surface area contributed by atoms with E-state index in [2.05, 4.69) is 25.0 Å². The van der Waals surface area contributed by atoms with E-state index in [0.717, 1.165) is 25.0 Å². The molecule has 0 saturated heterocycles. The lowest BCUT2D eigenvalue weighted by Crippen LogP contribution is -2.25. The molecule has 1 atom stereocenters. The third kappa shape index (κ3) is 4.16. The van der Waals surface area contributed by atoms with Crippen LogP contribution in [0.1, 0.15) is 49.0 Å². The van der Waals surface area contributed by atoms with E-state index < -0.39 is 43.9 Å². The zero-order chi connectivity index (χ0) is 23.0. The fourth-order valence-corrected chi connectivity index (χ4v) is 4.39. The molecule has 0 radical (unpaired) electrons. The van der Waals surface area contributed by atoms with E-state index >= 15 is 4.39 Å². The molecule has 0 bridgehead atoms. The van der Waals surface area contributed by atoms with Gasteiger partial charge in [-0.05, 0) is 44.2 Å². The zero-order valence-corrected chi connectivity index (χ0v) is 18.4. The van der Waals surface area contributed by atoms with E-state index in [-0.39, 0.29) is 5.56 Å². The number of aromatic nitrogens is 3. The second kappa shape index (κ2) is 8.45. The molecule has 3 aromatic rings. The molecule has 1 unspecified atom stereocenters. The summed E-state index contributed by atoms with van der Waals surface area (Å²) in [5.74, 6) is -2.40. The molecule has 2 aromatic heterocycles. The van der Waals surface area contributed by atoms with Crippen molar-refractivity contribution < 1.29 is 22.0 Å². The molecule has 0 spiro atoms. The van der Waals surface area contributed by atoms with E-state index in [1.54, 1.807) is 6.92 Å². The first kappa shape index (κ1) is 22.1. The van der Waals surface area contributed by atoms with Crippen LogP contribution in [0.2, 0.25) is 0 Å². The minimum absolute atomic E-state index is 0.0152. The normalized spacial score (nSPS) is 15.0. The lowest BCUT2D eigenvalue weighted by Gasteiger charge is -2.15. The number of benzene rings is 1. The van der Waals surface area contributed by atoms with Crippen molar-refractivity contribution in [1.29, 1.82) is 0 Å². The van der Waals surface area contributed by atoms with Gasteiger partial charge >= 0.3 is 0 Å². The molecule has 0 aliphatic heterocycles. The highest BCUT2D eigenvalue weighted by molar-refractivity contribution is 7.93. The van der Waals surface area contributed by atoms with Crippen LogP contribution in [-0.4, -0.2) is 40.9 Å². The number of nitrogens with zero attached hydrogens (tertiary/aromatic N) is 2. The van der Waals surface area contributed by atoms with Crippen molar-refractivity contribution in [3.8, 4) is 0 Å². The fourth-order valence-electron chi connectivity index (χ4n) is 3.29. The Balaban J connectivity index is 1.74. The Morgan fingerprint density at radius 1 is 1.28 bits per heavy atom. The highest BCUT2D eigenvalue weighted by Crippen LogP contribution is 2.32. The predicted molar refractivity (Wildman–Crippen MR) is 117 cm³/mol. The third-order valence-electron chi connectivity index (χ3n) is 5.64. The molecule has 11 heteroatoms. The van der Waals surface area contributed by atoms with Gasteiger partial charge < -0.3 is 10.3 Å². The summed E-state index contributed by atoms with van der Waals surface area (Å²) >= 11 is 0. The monoisotopic (exact) mass is 463 g/mol. The average Bonchev–Trinajstić information content (AvgIpc) is 3.49. The molecule has 170 valence electrons. The SMILES string of the molecule is CCC(C)S(=O)(=O)Nc1ccc(F)c(C(=O)c2c[nH]c3ncnc(NCC4CC4)c23)c1F. The maximum atomic E-state index is 15.2. The van der Waals surface area contributed by atoms with Gasteiger partial charge in [-0.25, -0.2) is 27.2 Å². The minimum Gasteiger partial charge on any atom is -0.369 e. The Morgan fingerprint density at radius 3 is 2.72 bits per heavy atom. The van der Waals surface area contributed by atoms with Gasteiger partial charge in [-0.3, -0.25) is 9.52 Å². The molecular formula is C21H23F2N5O3S. The van der Waals surface area contributed by atoms with Gasteiger partial charge in [-0.15, -0.1) is 0 Å². The zero-order valence-electron chi connectivity index (χ0n) is 17.6. The topological polar surface area (TPSA) is 117 Å². The number of halogens is 2. The van der Waals surface area contributed by atoms with E-state index in [4.69, 9.17) is 0 Å². The summed E-state index contributed by atoms with van der Waals surface area (Å²) in [5.41, 5.74) is -1.01. The molecule has 0 amide bonds. The molecule has 1 aliphatic carbocycles. The van der Waals surface area contributed by atoms with Crippen molar-refractivity contribution in [2.24, 2.45) is 5.92 Å². The van der Waals surface area contributed by atoms with Gasteiger partial charge in [0.25, 0.3) is 0 Å². The van der Waals surface area contributed by atoms with Gasteiger partial charge in [0.05, 0.1) is 27.5 Å². The van der Waals surface area contributed by atoms with Crippen LogP contribution in [0, 0.1) is 17.6 Å². The lowest BCUT2D eigenvalue weighted by molar-refractivity contribution is 0.103. The summed E-state index contributed by atoms with van der Waals surface area (Å²) in [4.78, 5) is 24.3. The summed E-state index contributed by atoms with van der Waals surface area (Å²) in [6.07, 6.45) is 5.16. The second-order valence-electron chi connectivity index (χ2n) is 7.95. The van der Waals surface area contributed by atoms with Crippen molar-refractivity contribution in [1.82, 2.24) is 15.0 Å². The number of hydrogen-bond donors (Lipinski definition) is 3. The number of carbonyl (C=O) groups is 1. The molecule has 1 saturated carbocycles. The van der Waals surface area contributed by atoms with Crippen molar-refractivity contribution >= 4 is 38.3 Å². The second-order valence-corrected chi connectivity index (χ2v) is 10.1. The van der Waals surface area contributed by atoms with Gasteiger partial charge in [0.15, 0.2) is 5.82 Å². The third-order valence-corrected chi connectivity index (χ3v) is 7.54. The molecule has 8 nitrogen and oxygen atoms in total. The van der Waals surface area contributed by atoms with Crippen LogP contribution < -0.4 is 10.0 Å². The van der Waals surface area contributed by atoms with Crippen molar-refractivity contribution in [3.05, 3.63) is 47.4 Å². The Hall–Kier alpha value is -3.08. The molecule has 1 fully saturated rings. The van der Waals surface area contributed by atoms with Crippen LogP contribution >= 0.6 is 0 Å². The Kier molecular flexibility index (Phi) is 5.85. The van der Waals surface area contributed by atoms with Gasteiger partial charge in [0, 0.05) is 12.7 Å². The minimum atomic E-state index is -3.91. The van der Waals surface area contributed by atoms with Gasteiger partial charge in [0.2, 0.25) is 15.8 Å². The van der Waals surface area contributed by atoms with Gasteiger partial charge in [0.1, 0.15) is 23.6 Å². The van der Waals surface area contributed by atoms with Gasteiger partial charge in [-0.2, -0.15) is 0 Å². The fraction of sp³-hybridized carbons (Fsp3) is 0.381. The highest BCUT2D eigenvalue weighted by Gasteiger charge is 2.28.